The Hall–Kier alpha value is -1.94. The van der Waals surface area contributed by atoms with E-state index in [0.717, 1.165) is 127 Å². The van der Waals surface area contributed by atoms with Crippen molar-refractivity contribution in [1.82, 2.24) is 0 Å². The summed E-state index contributed by atoms with van der Waals surface area (Å²) in [4.78, 5) is 71.9. The summed E-state index contributed by atoms with van der Waals surface area (Å²) in [5, 5.41) is 10.5. The number of aliphatic hydroxyl groups excluding tert-OH is 1. The second-order valence-electron chi connectivity index (χ2n) is 23.2. The molecule has 0 radical (unpaired) electrons. The molecule has 0 aliphatic carbocycles. The first kappa shape index (κ1) is 79.1. The van der Waals surface area contributed by atoms with E-state index in [1.807, 2.05) is 0 Å². The lowest BCUT2D eigenvalue weighted by Gasteiger charge is -2.21. The van der Waals surface area contributed by atoms with Crippen LogP contribution in [0.4, 0.5) is 0 Å². The molecule has 3 N–H and O–H groups in total. The number of phosphoric acid groups is 2. The molecule has 0 aromatic rings. The molecule has 0 spiro atoms. The van der Waals surface area contributed by atoms with E-state index in [1.54, 1.807) is 0 Å². The van der Waals surface area contributed by atoms with Gasteiger partial charge in [0, 0.05) is 25.7 Å². The zero-order valence-electron chi connectivity index (χ0n) is 52.1. The van der Waals surface area contributed by atoms with E-state index in [2.05, 4.69) is 41.5 Å². The summed E-state index contributed by atoms with van der Waals surface area (Å²) >= 11 is 0. The molecule has 6 atom stereocenters. The van der Waals surface area contributed by atoms with Gasteiger partial charge in [0.05, 0.1) is 26.4 Å². The van der Waals surface area contributed by atoms with Crippen LogP contribution in [0.15, 0.2) is 0 Å². The van der Waals surface area contributed by atoms with Gasteiger partial charge in [-0.2, -0.15) is 0 Å². The molecule has 0 aromatic carbocycles. The van der Waals surface area contributed by atoms with Crippen molar-refractivity contribution in [3.8, 4) is 0 Å². The number of hydrogen-bond acceptors (Lipinski definition) is 15. The molecule has 0 aromatic heterocycles. The van der Waals surface area contributed by atoms with Gasteiger partial charge in [-0.05, 0) is 37.5 Å². The highest BCUT2D eigenvalue weighted by molar-refractivity contribution is 7.47. The standard InChI is InChI=1S/C62H120O17P2/c1-7-10-12-14-16-26-34-40-46-61(66)78-57(50-72-59(64)44-38-32-24-15-13-11-8-2)52-76-80(68,69)74-48-56(63)49-75-81(70,71)77-53-58(51-73-60(65)45-39-33-29-28-31-37-43-55(6)9-3)79-62(67)47-41-35-27-23-21-19-17-18-20-22-25-30-36-42-54(4)5/h54-58,63H,7-53H2,1-6H3,(H,68,69)(H,70,71)/t55?,56-,57+,58+/m0/s1. The first-order valence-electron chi connectivity index (χ1n) is 32.5. The number of aliphatic hydroxyl groups is 1. The van der Waals surface area contributed by atoms with E-state index in [-0.39, 0.29) is 25.7 Å². The molecule has 17 nitrogen and oxygen atoms in total. The van der Waals surface area contributed by atoms with E-state index in [4.69, 9.17) is 37.0 Å². The Labute approximate surface area is 492 Å². The van der Waals surface area contributed by atoms with Crippen molar-refractivity contribution in [2.75, 3.05) is 39.6 Å². The van der Waals surface area contributed by atoms with Gasteiger partial charge in [-0.25, -0.2) is 9.13 Å². The van der Waals surface area contributed by atoms with Crippen LogP contribution in [-0.4, -0.2) is 96.7 Å². The lowest BCUT2D eigenvalue weighted by atomic mass is 10.00. The van der Waals surface area contributed by atoms with E-state index in [1.165, 1.54) is 96.3 Å². The lowest BCUT2D eigenvalue weighted by Crippen LogP contribution is -2.30. The zero-order valence-corrected chi connectivity index (χ0v) is 53.9. The molecule has 0 saturated heterocycles. The van der Waals surface area contributed by atoms with Crippen LogP contribution in [0, 0.1) is 11.8 Å². The SMILES string of the molecule is CCCCCCCCCCC(=O)O[C@H](COC(=O)CCCCCCCCC)COP(=O)(O)OC[C@H](O)COP(=O)(O)OC[C@@H](COC(=O)CCCCCCCCC(C)CC)OC(=O)CCCCCCCCCCCCCCCC(C)C. The van der Waals surface area contributed by atoms with E-state index in [0.29, 0.717) is 25.7 Å². The van der Waals surface area contributed by atoms with Crippen molar-refractivity contribution < 1.29 is 80.2 Å². The largest absolute Gasteiger partial charge is 0.472 e. The van der Waals surface area contributed by atoms with Gasteiger partial charge in [-0.1, -0.05) is 253 Å². The van der Waals surface area contributed by atoms with Gasteiger partial charge in [-0.3, -0.25) is 37.3 Å². The van der Waals surface area contributed by atoms with Crippen LogP contribution in [-0.2, 0) is 65.4 Å². The van der Waals surface area contributed by atoms with Gasteiger partial charge in [0.1, 0.15) is 19.3 Å². The molecule has 0 aliphatic rings. The Morgan fingerprint density at radius 2 is 0.630 bits per heavy atom. The third kappa shape index (κ3) is 55.7. The number of rotatable bonds is 61. The molecular weight excluding hydrogens is 1080 g/mol. The molecule has 81 heavy (non-hydrogen) atoms. The van der Waals surface area contributed by atoms with Crippen LogP contribution in [0.25, 0.3) is 0 Å². The number of unbranched alkanes of at least 4 members (excludes halogenated alkanes) is 30. The molecule has 480 valence electrons. The van der Waals surface area contributed by atoms with Gasteiger partial charge in [0.15, 0.2) is 12.2 Å². The second kappa shape index (κ2) is 54.7. The Bertz CT molecular complexity index is 1600. The number of esters is 4. The molecule has 3 unspecified atom stereocenters. The fraction of sp³-hybridized carbons (Fsp3) is 0.935. The fourth-order valence-corrected chi connectivity index (χ4v) is 10.7. The highest BCUT2D eigenvalue weighted by Crippen LogP contribution is 2.45. The molecule has 0 bridgehead atoms. The van der Waals surface area contributed by atoms with E-state index in [9.17, 15) is 43.2 Å². The average molecular weight is 1200 g/mol. The summed E-state index contributed by atoms with van der Waals surface area (Å²) in [6.07, 6.45) is 36.4. The van der Waals surface area contributed by atoms with Crippen molar-refractivity contribution in [1.29, 1.82) is 0 Å². The van der Waals surface area contributed by atoms with Crippen LogP contribution in [0.3, 0.4) is 0 Å². The molecule has 19 heteroatoms. The maximum absolute atomic E-state index is 13.0. The summed E-state index contributed by atoms with van der Waals surface area (Å²) in [6.45, 7) is 9.39. The minimum atomic E-state index is -4.94. The van der Waals surface area contributed by atoms with Crippen molar-refractivity contribution in [3.05, 3.63) is 0 Å². The van der Waals surface area contributed by atoms with Crippen LogP contribution >= 0.6 is 15.6 Å². The van der Waals surface area contributed by atoms with Crippen molar-refractivity contribution in [2.45, 2.75) is 323 Å². The minimum absolute atomic E-state index is 0.104. The number of carbonyl (C=O) groups excluding carboxylic acids is 4. The second-order valence-corrected chi connectivity index (χ2v) is 26.1. The highest BCUT2D eigenvalue weighted by atomic mass is 31.2. The topological polar surface area (TPSA) is 237 Å². The number of hydrogen-bond donors (Lipinski definition) is 3. The van der Waals surface area contributed by atoms with Gasteiger partial charge in [0.25, 0.3) is 0 Å². The number of ether oxygens (including phenoxy) is 4. The smallest absolute Gasteiger partial charge is 0.462 e. The summed E-state index contributed by atoms with van der Waals surface area (Å²) in [5.74, 6) is -0.627. The monoisotopic (exact) mass is 1200 g/mol. The summed E-state index contributed by atoms with van der Waals surface area (Å²) in [7, 11) is -9.87. The Morgan fingerprint density at radius 1 is 0.358 bits per heavy atom. The molecule has 0 aliphatic heterocycles. The van der Waals surface area contributed by atoms with Gasteiger partial charge >= 0.3 is 39.5 Å². The Kier molecular flexibility index (Phi) is 53.4. The van der Waals surface area contributed by atoms with Crippen molar-refractivity contribution in [2.24, 2.45) is 11.8 Å². The Balaban J connectivity index is 5.18. The number of phosphoric ester groups is 2. The first-order chi connectivity index (χ1) is 38.9. The van der Waals surface area contributed by atoms with Crippen LogP contribution < -0.4 is 0 Å². The minimum Gasteiger partial charge on any atom is -0.462 e. The third-order valence-electron chi connectivity index (χ3n) is 14.6. The van der Waals surface area contributed by atoms with E-state index < -0.39 is 97.5 Å². The van der Waals surface area contributed by atoms with Crippen molar-refractivity contribution in [3.63, 3.8) is 0 Å². The predicted molar refractivity (Wildman–Crippen MR) is 321 cm³/mol. The average Bonchev–Trinajstić information content (AvgIpc) is 3.43. The molecule has 0 amide bonds. The van der Waals surface area contributed by atoms with Crippen LogP contribution in [0.1, 0.15) is 305 Å². The third-order valence-corrected chi connectivity index (χ3v) is 16.5. The summed E-state index contributed by atoms with van der Waals surface area (Å²) in [6, 6.07) is 0. The summed E-state index contributed by atoms with van der Waals surface area (Å²) < 4.78 is 67.7. The lowest BCUT2D eigenvalue weighted by molar-refractivity contribution is -0.161. The number of carbonyl (C=O) groups is 4. The van der Waals surface area contributed by atoms with Gasteiger partial charge in [0.2, 0.25) is 0 Å². The first-order valence-corrected chi connectivity index (χ1v) is 35.5. The quantitative estimate of drug-likeness (QED) is 0.0222. The fourth-order valence-electron chi connectivity index (χ4n) is 9.15. The van der Waals surface area contributed by atoms with Crippen molar-refractivity contribution >= 4 is 39.5 Å². The van der Waals surface area contributed by atoms with Gasteiger partial charge in [-0.15, -0.1) is 0 Å². The molecular formula is C62H120O17P2. The highest BCUT2D eigenvalue weighted by Gasteiger charge is 2.30. The molecule has 0 saturated carbocycles. The molecule has 0 fully saturated rings. The normalized spacial score (nSPS) is 14.7. The summed E-state index contributed by atoms with van der Waals surface area (Å²) in [5.41, 5.74) is 0. The predicted octanol–water partition coefficient (Wildman–Crippen LogP) is 16.9. The Morgan fingerprint density at radius 3 is 0.938 bits per heavy atom. The molecule has 0 rings (SSSR count). The van der Waals surface area contributed by atoms with Gasteiger partial charge < -0.3 is 33.8 Å². The maximum Gasteiger partial charge on any atom is 0.472 e. The van der Waals surface area contributed by atoms with Crippen LogP contribution in [0.2, 0.25) is 0 Å². The van der Waals surface area contributed by atoms with E-state index >= 15 is 0 Å². The van der Waals surface area contributed by atoms with Crippen LogP contribution in [0.5, 0.6) is 0 Å². The maximum atomic E-state index is 13.0. The zero-order chi connectivity index (χ0) is 60.1. The molecule has 0 heterocycles.